The van der Waals surface area contributed by atoms with Gasteiger partial charge in [-0.2, -0.15) is 0 Å². The van der Waals surface area contributed by atoms with E-state index < -0.39 is 6.17 Å². The number of hydrogen-bond donors (Lipinski definition) is 0. The highest BCUT2D eigenvalue weighted by Crippen LogP contribution is 2.18. The smallest absolute Gasteiger partial charge is 0.128 e. The monoisotopic (exact) mass is 188 g/mol. The Morgan fingerprint density at radius 3 is 2.46 bits per heavy atom. The van der Waals surface area contributed by atoms with Gasteiger partial charge in [0.2, 0.25) is 0 Å². The zero-order chi connectivity index (χ0) is 9.84. The quantitative estimate of drug-likeness (QED) is 0.660. The average Bonchev–Trinajstić information content (AvgIpc) is 2.10. The summed E-state index contributed by atoms with van der Waals surface area (Å²) >= 11 is 0. The van der Waals surface area contributed by atoms with Gasteiger partial charge >= 0.3 is 0 Å². The van der Waals surface area contributed by atoms with Crippen molar-refractivity contribution in [3.05, 3.63) is 0 Å². The Hall–Kier alpha value is -0.150. The van der Waals surface area contributed by atoms with Gasteiger partial charge in [-0.1, -0.05) is 13.8 Å². The van der Waals surface area contributed by atoms with Crippen molar-refractivity contribution < 1.29 is 4.39 Å². The minimum absolute atomic E-state index is 0.159. The molecule has 0 aromatic heterocycles. The lowest BCUT2D eigenvalue weighted by atomic mass is 10.0. The first-order valence-corrected chi connectivity index (χ1v) is 5.25. The van der Waals surface area contributed by atoms with E-state index in [0.29, 0.717) is 6.54 Å². The standard InChI is InChI=1S/C10H21FN2/c1-4-13(5-2)10-6-7-12(3)8-9(10)11/h9-10H,4-8H2,1-3H3. The number of halogens is 1. The van der Waals surface area contributed by atoms with Crippen LogP contribution < -0.4 is 0 Å². The van der Waals surface area contributed by atoms with Crippen molar-refractivity contribution in [2.75, 3.05) is 33.2 Å². The van der Waals surface area contributed by atoms with Crippen LogP contribution in [0.1, 0.15) is 20.3 Å². The number of likely N-dealkylation sites (tertiary alicyclic amines) is 1. The summed E-state index contributed by atoms with van der Waals surface area (Å²) in [4.78, 5) is 4.31. The second-order valence-corrected chi connectivity index (χ2v) is 3.86. The Kier molecular flexibility index (Phi) is 4.13. The van der Waals surface area contributed by atoms with Crippen LogP contribution >= 0.6 is 0 Å². The van der Waals surface area contributed by atoms with E-state index in [-0.39, 0.29) is 6.04 Å². The third kappa shape index (κ3) is 2.64. The molecule has 1 rings (SSSR count). The second kappa shape index (κ2) is 4.91. The zero-order valence-electron chi connectivity index (χ0n) is 8.96. The molecule has 2 atom stereocenters. The van der Waals surface area contributed by atoms with Gasteiger partial charge in [0.15, 0.2) is 0 Å². The molecule has 0 aliphatic carbocycles. The van der Waals surface area contributed by atoms with Gasteiger partial charge in [0, 0.05) is 12.6 Å². The number of nitrogens with zero attached hydrogens (tertiary/aromatic N) is 2. The topological polar surface area (TPSA) is 6.48 Å². The van der Waals surface area contributed by atoms with Crippen LogP contribution in [0.3, 0.4) is 0 Å². The molecule has 0 aromatic rings. The zero-order valence-corrected chi connectivity index (χ0v) is 8.96. The highest BCUT2D eigenvalue weighted by atomic mass is 19.1. The van der Waals surface area contributed by atoms with Crippen molar-refractivity contribution in [1.82, 2.24) is 9.80 Å². The summed E-state index contributed by atoms with van der Waals surface area (Å²) in [6.45, 7) is 7.77. The van der Waals surface area contributed by atoms with Crippen LogP contribution in [0, 0.1) is 0 Å². The maximum Gasteiger partial charge on any atom is 0.128 e. The third-order valence-electron chi connectivity index (χ3n) is 2.99. The highest BCUT2D eigenvalue weighted by molar-refractivity contribution is 4.85. The molecular weight excluding hydrogens is 167 g/mol. The molecule has 2 unspecified atom stereocenters. The molecule has 1 aliphatic heterocycles. The van der Waals surface area contributed by atoms with Gasteiger partial charge in [0.25, 0.3) is 0 Å². The van der Waals surface area contributed by atoms with Gasteiger partial charge < -0.3 is 4.90 Å². The first-order valence-electron chi connectivity index (χ1n) is 5.25. The molecule has 2 nitrogen and oxygen atoms in total. The van der Waals surface area contributed by atoms with E-state index in [2.05, 4.69) is 23.6 Å². The van der Waals surface area contributed by atoms with Gasteiger partial charge in [-0.05, 0) is 33.1 Å². The van der Waals surface area contributed by atoms with Crippen molar-refractivity contribution in [3.63, 3.8) is 0 Å². The fraction of sp³-hybridized carbons (Fsp3) is 1.00. The molecule has 1 aliphatic rings. The minimum Gasteiger partial charge on any atom is -0.303 e. The van der Waals surface area contributed by atoms with E-state index in [4.69, 9.17) is 0 Å². The van der Waals surface area contributed by atoms with E-state index in [1.807, 2.05) is 7.05 Å². The van der Waals surface area contributed by atoms with E-state index in [1.54, 1.807) is 0 Å². The lowest BCUT2D eigenvalue weighted by Crippen LogP contribution is -2.51. The van der Waals surface area contributed by atoms with Crippen LogP contribution in [-0.4, -0.2) is 55.2 Å². The van der Waals surface area contributed by atoms with Gasteiger partial charge in [-0.25, -0.2) is 4.39 Å². The van der Waals surface area contributed by atoms with Gasteiger partial charge in [-0.15, -0.1) is 0 Å². The maximum absolute atomic E-state index is 13.6. The number of hydrogen-bond acceptors (Lipinski definition) is 2. The lowest BCUT2D eigenvalue weighted by Gasteiger charge is -2.38. The molecule has 1 fully saturated rings. The maximum atomic E-state index is 13.6. The largest absolute Gasteiger partial charge is 0.303 e. The van der Waals surface area contributed by atoms with Gasteiger partial charge in [0.1, 0.15) is 6.17 Å². The van der Waals surface area contributed by atoms with Gasteiger partial charge in [0.05, 0.1) is 0 Å². The highest BCUT2D eigenvalue weighted by Gasteiger charge is 2.30. The number of rotatable bonds is 3. The van der Waals surface area contributed by atoms with E-state index in [0.717, 1.165) is 26.1 Å². The molecule has 78 valence electrons. The lowest BCUT2D eigenvalue weighted by molar-refractivity contribution is 0.0493. The first kappa shape index (κ1) is 10.9. The van der Waals surface area contributed by atoms with E-state index in [1.165, 1.54) is 0 Å². The fourth-order valence-electron chi connectivity index (χ4n) is 2.15. The Bertz CT molecular complexity index is 148. The Labute approximate surface area is 80.7 Å². The molecule has 0 aromatic carbocycles. The van der Waals surface area contributed by atoms with Crippen molar-refractivity contribution in [2.45, 2.75) is 32.5 Å². The summed E-state index contributed by atoms with van der Waals surface area (Å²) in [5.41, 5.74) is 0. The first-order chi connectivity index (χ1) is 6.19. The predicted octanol–water partition coefficient (Wildman–Crippen LogP) is 1.37. The summed E-state index contributed by atoms with van der Waals surface area (Å²) in [5, 5.41) is 0. The molecule has 3 heteroatoms. The van der Waals surface area contributed by atoms with Crippen molar-refractivity contribution in [2.24, 2.45) is 0 Å². The summed E-state index contributed by atoms with van der Waals surface area (Å²) in [7, 11) is 1.99. The molecule has 1 saturated heterocycles. The van der Waals surface area contributed by atoms with Gasteiger partial charge in [-0.3, -0.25) is 4.90 Å². The Morgan fingerprint density at radius 1 is 1.38 bits per heavy atom. The number of piperidine rings is 1. The normalized spacial score (nSPS) is 31.2. The van der Waals surface area contributed by atoms with Crippen molar-refractivity contribution >= 4 is 0 Å². The van der Waals surface area contributed by atoms with E-state index in [9.17, 15) is 4.39 Å². The molecule has 0 saturated carbocycles. The van der Waals surface area contributed by atoms with Crippen LogP contribution in [0.5, 0.6) is 0 Å². The molecular formula is C10H21FN2. The summed E-state index contributed by atoms with van der Waals surface area (Å²) in [5.74, 6) is 0. The fourth-order valence-corrected chi connectivity index (χ4v) is 2.15. The minimum atomic E-state index is -0.668. The Morgan fingerprint density at radius 2 is 2.00 bits per heavy atom. The third-order valence-corrected chi connectivity index (χ3v) is 2.99. The molecule has 0 amide bonds. The molecule has 13 heavy (non-hydrogen) atoms. The van der Waals surface area contributed by atoms with Crippen LogP contribution in [0.4, 0.5) is 4.39 Å². The van der Waals surface area contributed by atoms with Crippen molar-refractivity contribution in [3.8, 4) is 0 Å². The average molecular weight is 188 g/mol. The summed E-state index contributed by atoms with van der Waals surface area (Å²) < 4.78 is 13.6. The van der Waals surface area contributed by atoms with Crippen molar-refractivity contribution in [1.29, 1.82) is 0 Å². The van der Waals surface area contributed by atoms with Crippen LogP contribution in [0.25, 0.3) is 0 Å². The molecule has 1 heterocycles. The van der Waals surface area contributed by atoms with E-state index >= 15 is 0 Å². The molecule has 0 spiro atoms. The molecule has 0 bridgehead atoms. The number of alkyl halides is 1. The SMILES string of the molecule is CCN(CC)C1CCN(C)CC1F. The Balaban J connectivity index is 2.49. The summed E-state index contributed by atoms with van der Waals surface area (Å²) in [6, 6.07) is 0.159. The predicted molar refractivity (Wildman–Crippen MR) is 53.7 cm³/mol. The summed E-state index contributed by atoms with van der Waals surface area (Å²) in [6.07, 6.45) is 0.304. The van der Waals surface area contributed by atoms with Crippen LogP contribution in [0.15, 0.2) is 0 Å². The van der Waals surface area contributed by atoms with Crippen LogP contribution in [0.2, 0.25) is 0 Å². The van der Waals surface area contributed by atoms with Crippen LogP contribution in [-0.2, 0) is 0 Å². The molecule has 0 radical (unpaired) electrons. The second-order valence-electron chi connectivity index (χ2n) is 3.86. The molecule has 0 N–H and O–H groups in total.